The number of amides is 2. The summed E-state index contributed by atoms with van der Waals surface area (Å²) in [6.45, 7) is 2.88. The first-order chi connectivity index (χ1) is 9.99. The van der Waals surface area contributed by atoms with E-state index in [1.165, 1.54) is 4.90 Å². The lowest BCUT2D eigenvalue weighted by Gasteiger charge is -2.34. The van der Waals surface area contributed by atoms with Gasteiger partial charge < -0.3 is 15.3 Å². The van der Waals surface area contributed by atoms with Crippen molar-refractivity contribution in [3.63, 3.8) is 0 Å². The number of carbonyl (C=O) groups is 2. The Morgan fingerprint density at radius 1 is 1.57 bits per heavy atom. The molecule has 116 valence electrons. The summed E-state index contributed by atoms with van der Waals surface area (Å²) < 4.78 is 0.990. The van der Waals surface area contributed by atoms with Crippen LogP contribution in [0.2, 0.25) is 0 Å². The molecule has 0 spiro atoms. The number of likely N-dealkylation sites (tertiary alicyclic amines) is 1. The monoisotopic (exact) mass is 374 g/mol. The van der Waals surface area contributed by atoms with Crippen LogP contribution in [-0.2, 0) is 11.3 Å². The van der Waals surface area contributed by atoms with Crippen LogP contribution in [0.4, 0.5) is 4.79 Å². The minimum atomic E-state index is -1.03. The van der Waals surface area contributed by atoms with E-state index >= 15 is 0 Å². The highest BCUT2D eigenvalue weighted by Crippen LogP contribution is 2.34. The summed E-state index contributed by atoms with van der Waals surface area (Å²) in [5.74, 6) is -0.893. The number of nitrogens with one attached hydrogen (secondary N) is 1. The van der Waals surface area contributed by atoms with Crippen molar-refractivity contribution in [1.82, 2.24) is 10.2 Å². The van der Waals surface area contributed by atoms with Gasteiger partial charge in [0.15, 0.2) is 0 Å². The van der Waals surface area contributed by atoms with Gasteiger partial charge in [-0.25, -0.2) is 9.59 Å². The largest absolute Gasteiger partial charge is 0.479 e. The standard InChI is InChI=1S/C14H19BrN2O3S/c1-2-4-14(12(18)19)5-3-6-17(14)13(20)16-8-11-7-10(15)9-21-11/h7,9H,2-6,8H2,1H3,(H,16,20)(H,18,19). The van der Waals surface area contributed by atoms with E-state index in [2.05, 4.69) is 21.2 Å². The number of hydrogen-bond donors (Lipinski definition) is 2. The molecule has 1 unspecified atom stereocenters. The van der Waals surface area contributed by atoms with E-state index < -0.39 is 11.5 Å². The van der Waals surface area contributed by atoms with Crippen molar-refractivity contribution in [1.29, 1.82) is 0 Å². The molecule has 0 radical (unpaired) electrons. The number of thiophene rings is 1. The molecule has 2 N–H and O–H groups in total. The predicted octanol–water partition coefficient (Wildman–Crippen LogP) is 3.44. The molecule has 1 aliphatic rings. The van der Waals surface area contributed by atoms with Gasteiger partial charge >= 0.3 is 12.0 Å². The minimum Gasteiger partial charge on any atom is -0.479 e. The van der Waals surface area contributed by atoms with Gasteiger partial charge in [-0.2, -0.15) is 0 Å². The molecule has 1 saturated heterocycles. The van der Waals surface area contributed by atoms with Crippen LogP contribution in [0.1, 0.15) is 37.5 Å². The number of halogens is 1. The van der Waals surface area contributed by atoms with Gasteiger partial charge in [0, 0.05) is 21.3 Å². The van der Waals surface area contributed by atoms with Gasteiger partial charge in [0.2, 0.25) is 0 Å². The first-order valence-corrected chi connectivity index (χ1v) is 8.68. The fourth-order valence-corrected chi connectivity index (χ4v) is 4.27. The molecular weight excluding hydrogens is 356 g/mol. The summed E-state index contributed by atoms with van der Waals surface area (Å²) in [6.07, 6.45) is 2.52. The molecule has 2 heterocycles. The Balaban J connectivity index is 2.04. The fourth-order valence-electron chi connectivity index (χ4n) is 2.88. The van der Waals surface area contributed by atoms with Crippen molar-refractivity contribution in [2.45, 2.75) is 44.7 Å². The van der Waals surface area contributed by atoms with Crippen LogP contribution in [0, 0.1) is 0 Å². The zero-order chi connectivity index (χ0) is 15.5. The molecular formula is C14H19BrN2O3S. The Morgan fingerprint density at radius 2 is 2.33 bits per heavy atom. The molecule has 1 fully saturated rings. The van der Waals surface area contributed by atoms with Crippen molar-refractivity contribution >= 4 is 39.3 Å². The second-order valence-corrected chi connectivity index (χ2v) is 7.14. The summed E-state index contributed by atoms with van der Waals surface area (Å²) >= 11 is 4.93. The maximum atomic E-state index is 12.4. The molecule has 21 heavy (non-hydrogen) atoms. The van der Waals surface area contributed by atoms with E-state index in [0.717, 1.165) is 22.2 Å². The van der Waals surface area contributed by atoms with Crippen molar-refractivity contribution in [3.05, 3.63) is 20.8 Å². The molecule has 0 bridgehead atoms. The molecule has 1 aromatic rings. The van der Waals surface area contributed by atoms with Crippen LogP contribution in [0.5, 0.6) is 0 Å². The van der Waals surface area contributed by atoms with Gasteiger partial charge in [-0.15, -0.1) is 11.3 Å². The van der Waals surface area contributed by atoms with Crippen molar-refractivity contribution in [3.8, 4) is 0 Å². The lowest BCUT2D eigenvalue weighted by atomic mass is 9.91. The van der Waals surface area contributed by atoms with E-state index in [9.17, 15) is 14.7 Å². The molecule has 2 amide bonds. The first-order valence-electron chi connectivity index (χ1n) is 7.01. The SMILES string of the molecule is CCCC1(C(=O)O)CCCN1C(=O)NCc1cc(Br)cs1. The lowest BCUT2D eigenvalue weighted by molar-refractivity contribution is -0.148. The smallest absolute Gasteiger partial charge is 0.329 e. The Hall–Kier alpha value is -1.08. The van der Waals surface area contributed by atoms with E-state index in [-0.39, 0.29) is 6.03 Å². The number of carboxylic acid groups (broad SMARTS) is 1. The molecule has 1 atom stereocenters. The highest BCUT2D eigenvalue weighted by atomic mass is 79.9. The number of hydrogen-bond acceptors (Lipinski definition) is 3. The van der Waals surface area contributed by atoms with Crippen LogP contribution in [0.25, 0.3) is 0 Å². The average Bonchev–Trinajstić information content (AvgIpc) is 3.04. The average molecular weight is 375 g/mol. The maximum Gasteiger partial charge on any atom is 0.329 e. The Labute approximate surface area is 136 Å². The minimum absolute atomic E-state index is 0.284. The Bertz CT molecular complexity index is 534. The fraction of sp³-hybridized carbons (Fsp3) is 0.571. The number of urea groups is 1. The van der Waals surface area contributed by atoms with Gasteiger partial charge in [0.1, 0.15) is 5.54 Å². The predicted molar refractivity (Wildman–Crippen MR) is 85.5 cm³/mol. The normalized spacial score (nSPS) is 21.5. The van der Waals surface area contributed by atoms with Crippen molar-refractivity contribution in [2.24, 2.45) is 0 Å². The zero-order valence-electron chi connectivity index (χ0n) is 11.9. The van der Waals surface area contributed by atoms with Gasteiger partial charge in [-0.1, -0.05) is 13.3 Å². The summed E-state index contributed by atoms with van der Waals surface area (Å²) in [6, 6.07) is 1.67. The Kier molecular flexibility index (Phi) is 5.27. The molecule has 7 heteroatoms. The lowest BCUT2D eigenvalue weighted by Crippen LogP contribution is -2.55. The molecule has 5 nitrogen and oxygen atoms in total. The molecule has 0 aromatic carbocycles. The second-order valence-electron chi connectivity index (χ2n) is 5.23. The van der Waals surface area contributed by atoms with Crippen LogP contribution >= 0.6 is 27.3 Å². The number of rotatable bonds is 5. The number of carboxylic acids is 1. The van der Waals surface area contributed by atoms with Crippen molar-refractivity contribution in [2.75, 3.05) is 6.54 Å². The summed E-state index contributed by atoms with van der Waals surface area (Å²) in [5, 5.41) is 14.4. The molecule has 1 aromatic heterocycles. The molecule has 0 saturated carbocycles. The third-order valence-electron chi connectivity index (χ3n) is 3.83. The number of aliphatic carboxylic acids is 1. The number of carbonyl (C=O) groups excluding carboxylic acids is 1. The first kappa shape index (κ1) is 16.3. The third-order valence-corrected chi connectivity index (χ3v) is 5.53. The van der Waals surface area contributed by atoms with Crippen molar-refractivity contribution < 1.29 is 14.7 Å². The second kappa shape index (κ2) is 6.79. The van der Waals surface area contributed by atoms with Gasteiger partial charge in [0.25, 0.3) is 0 Å². The van der Waals surface area contributed by atoms with Gasteiger partial charge in [0.05, 0.1) is 6.54 Å². The summed E-state index contributed by atoms with van der Waals surface area (Å²) in [7, 11) is 0. The Morgan fingerprint density at radius 3 is 2.90 bits per heavy atom. The summed E-state index contributed by atoms with van der Waals surface area (Å²) in [5.41, 5.74) is -1.03. The van der Waals surface area contributed by atoms with E-state index in [0.29, 0.717) is 25.9 Å². The van der Waals surface area contributed by atoms with Crippen LogP contribution in [-0.4, -0.2) is 34.1 Å². The highest BCUT2D eigenvalue weighted by Gasteiger charge is 2.49. The van der Waals surface area contributed by atoms with E-state index in [4.69, 9.17) is 0 Å². The topological polar surface area (TPSA) is 69.6 Å². The molecule has 0 aliphatic carbocycles. The zero-order valence-corrected chi connectivity index (χ0v) is 14.3. The van der Waals surface area contributed by atoms with Crippen LogP contribution in [0.3, 0.4) is 0 Å². The van der Waals surface area contributed by atoms with Gasteiger partial charge in [-0.3, -0.25) is 0 Å². The quantitative estimate of drug-likeness (QED) is 0.828. The summed E-state index contributed by atoms with van der Waals surface area (Å²) in [4.78, 5) is 26.6. The number of nitrogens with zero attached hydrogens (tertiary/aromatic N) is 1. The highest BCUT2D eigenvalue weighted by molar-refractivity contribution is 9.10. The van der Waals surface area contributed by atoms with E-state index in [1.807, 2.05) is 18.4 Å². The molecule has 2 rings (SSSR count). The van der Waals surface area contributed by atoms with Crippen LogP contribution in [0.15, 0.2) is 15.9 Å². The molecule has 1 aliphatic heterocycles. The van der Waals surface area contributed by atoms with Gasteiger partial charge in [-0.05, 0) is 41.3 Å². The maximum absolute atomic E-state index is 12.4. The third kappa shape index (κ3) is 3.40. The van der Waals surface area contributed by atoms with Crippen LogP contribution < -0.4 is 5.32 Å². The van der Waals surface area contributed by atoms with E-state index in [1.54, 1.807) is 11.3 Å².